The molecule has 0 atom stereocenters. The molecular weight excluding hydrogens is 298 g/mol. The second-order valence-corrected chi connectivity index (χ2v) is 5.34. The second kappa shape index (κ2) is 5.71. The molecule has 98 valence electrons. The second-order valence-electron chi connectivity index (χ2n) is 4.49. The molecule has 0 fully saturated rings. The van der Waals surface area contributed by atoms with Gasteiger partial charge in [0.15, 0.2) is 17.3 Å². The highest BCUT2D eigenvalue weighted by Crippen LogP contribution is 2.35. The van der Waals surface area contributed by atoms with Crippen molar-refractivity contribution in [1.82, 2.24) is 4.90 Å². The lowest BCUT2D eigenvalue weighted by Crippen LogP contribution is -2.22. The van der Waals surface area contributed by atoms with Gasteiger partial charge < -0.3 is 14.4 Å². The van der Waals surface area contributed by atoms with Crippen LogP contribution in [0.2, 0.25) is 0 Å². The summed E-state index contributed by atoms with van der Waals surface area (Å²) in [4.78, 5) is 13.9. The number of likely N-dealkylation sites (N-methyl/N-ethyl adjacent to an activating group) is 1. The number of carbonyl (C=O) groups is 1. The minimum Gasteiger partial charge on any atom is -0.490 e. The van der Waals surface area contributed by atoms with E-state index in [2.05, 4.69) is 15.9 Å². The molecule has 2 rings (SSSR count). The first-order chi connectivity index (χ1) is 8.58. The Hall–Kier alpha value is -1.07. The fourth-order valence-corrected chi connectivity index (χ4v) is 2.31. The molecule has 1 aromatic rings. The summed E-state index contributed by atoms with van der Waals surface area (Å²) in [7, 11) is 3.74. The summed E-state index contributed by atoms with van der Waals surface area (Å²) >= 11 is 3.42. The Morgan fingerprint density at radius 2 is 1.89 bits per heavy atom. The molecule has 0 bridgehead atoms. The average molecular weight is 314 g/mol. The monoisotopic (exact) mass is 313 g/mol. The summed E-state index contributed by atoms with van der Waals surface area (Å²) < 4.78 is 11.9. The highest BCUT2D eigenvalue weighted by molar-refractivity contribution is 9.10. The van der Waals surface area contributed by atoms with Crippen LogP contribution in [0.15, 0.2) is 16.6 Å². The quantitative estimate of drug-likeness (QED) is 0.803. The van der Waals surface area contributed by atoms with E-state index >= 15 is 0 Å². The average Bonchev–Trinajstić information content (AvgIpc) is 2.51. The number of carbonyl (C=O) groups excluding carboxylic acids is 1. The Balaban J connectivity index is 2.31. The van der Waals surface area contributed by atoms with E-state index in [1.54, 1.807) is 6.07 Å². The van der Waals surface area contributed by atoms with E-state index in [9.17, 15) is 4.79 Å². The predicted octanol–water partition coefficient (Wildman–Crippen LogP) is 2.35. The number of nitrogens with zero attached hydrogens (tertiary/aromatic N) is 1. The SMILES string of the molecule is CN(C)CC(=O)c1cc2c(cc1Br)OCCCO2. The third kappa shape index (κ3) is 3.03. The molecule has 0 unspecified atom stereocenters. The van der Waals surface area contributed by atoms with E-state index in [0.29, 0.717) is 36.8 Å². The Kier molecular flexibility index (Phi) is 4.24. The van der Waals surface area contributed by atoms with Crippen molar-refractivity contribution in [1.29, 1.82) is 0 Å². The zero-order valence-electron chi connectivity index (χ0n) is 10.5. The fraction of sp³-hybridized carbons (Fsp3) is 0.462. The Labute approximate surface area is 115 Å². The van der Waals surface area contributed by atoms with Crippen LogP contribution in [-0.4, -0.2) is 44.5 Å². The van der Waals surface area contributed by atoms with E-state index < -0.39 is 0 Å². The first-order valence-corrected chi connectivity index (χ1v) is 6.64. The Morgan fingerprint density at radius 3 is 2.50 bits per heavy atom. The maximum Gasteiger partial charge on any atom is 0.178 e. The van der Waals surface area contributed by atoms with Gasteiger partial charge in [0.05, 0.1) is 19.8 Å². The number of Topliss-reactive ketones (excluding diaryl/α,β-unsaturated/α-hetero) is 1. The van der Waals surface area contributed by atoms with Crippen molar-refractivity contribution >= 4 is 21.7 Å². The summed E-state index contributed by atoms with van der Waals surface area (Å²) in [5.41, 5.74) is 0.632. The van der Waals surface area contributed by atoms with Gasteiger partial charge in [-0.05, 0) is 42.2 Å². The standard InChI is InChI=1S/C13H16BrNO3/c1-15(2)8-11(16)9-6-12-13(7-10(9)14)18-5-3-4-17-12/h6-7H,3-5,8H2,1-2H3. The molecule has 18 heavy (non-hydrogen) atoms. The number of benzene rings is 1. The van der Waals surface area contributed by atoms with Crippen LogP contribution < -0.4 is 9.47 Å². The molecule has 0 radical (unpaired) electrons. The summed E-state index contributed by atoms with van der Waals surface area (Å²) in [5, 5.41) is 0. The highest BCUT2D eigenvalue weighted by atomic mass is 79.9. The zero-order chi connectivity index (χ0) is 13.1. The number of ether oxygens (including phenoxy) is 2. The van der Waals surface area contributed by atoms with Gasteiger partial charge in [-0.15, -0.1) is 0 Å². The number of fused-ring (bicyclic) bond motifs is 1. The topological polar surface area (TPSA) is 38.8 Å². The molecule has 0 saturated carbocycles. The maximum atomic E-state index is 12.1. The molecule has 1 heterocycles. The number of ketones is 1. The fourth-order valence-electron chi connectivity index (χ4n) is 1.77. The van der Waals surface area contributed by atoms with E-state index in [0.717, 1.165) is 10.9 Å². The number of hydrogen-bond acceptors (Lipinski definition) is 4. The molecule has 5 heteroatoms. The van der Waals surface area contributed by atoms with Crippen LogP contribution in [0.4, 0.5) is 0 Å². The van der Waals surface area contributed by atoms with E-state index in [1.165, 1.54) is 0 Å². The molecule has 1 aliphatic rings. The van der Waals surface area contributed by atoms with Crippen LogP contribution in [0.3, 0.4) is 0 Å². The van der Waals surface area contributed by atoms with Crippen molar-refractivity contribution in [2.75, 3.05) is 33.9 Å². The predicted molar refractivity (Wildman–Crippen MR) is 72.6 cm³/mol. The largest absolute Gasteiger partial charge is 0.490 e. The third-order valence-corrected chi connectivity index (χ3v) is 3.25. The van der Waals surface area contributed by atoms with Gasteiger partial charge in [0.1, 0.15) is 0 Å². The lowest BCUT2D eigenvalue weighted by Gasteiger charge is -2.13. The lowest BCUT2D eigenvalue weighted by molar-refractivity contribution is 0.0956. The van der Waals surface area contributed by atoms with Crippen LogP contribution in [0.25, 0.3) is 0 Å². The van der Waals surface area contributed by atoms with Gasteiger partial charge in [-0.2, -0.15) is 0 Å². The molecule has 1 aliphatic heterocycles. The molecule has 0 N–H and O–H groups in total. The minimum atomic E-state index is 0.0579. The van der Waals surface area contributed by atoms with Gasteiger partial charge >= 0.3 is 0 Å². The van der Waals surface area contributed by atoms with Crippen molar-refractivity contribution in [2.45, 2.75) is 6.42 Å². The van der Waals surface area contributed by atoms with Gasteiger partial charge in [-0.25, -0.2) is 0 Å². The van der Waals surface area contributed by atoms with E-state index in [1.807, 2.05) is 25.1 Å². The molecule has 0 spiro atoms. The lowest BCUT2D eigenvalue weighted by atomic mass is 10.1. The number of halogens is 1. The maximum absolute atomic E-state index is 12.1. The highest BCUT2D eigenvalue weighted by Gasteiger charge is 2.18. The molecule has 4 nitrogen and oxygen atoms in total. The number of rotatable bonds is 3. The Bertz CT molecular complexity index is 460. The summed E-state index contributed by atoms with van der Waals surface area (Å²) in [6.45, 7) is 1.64. The van der Waals surface area contributed by atoms with E-state index in [4.69, 9.17) is 9.47 Å². The van der Waals surface area contributed by atoms with Crippen LogP contribution in [0, 0.1) is 0 Å². The van der Waals surface area contributed by atoms with Gasteiger partial charge in [-0.3, -0.25) is 4.79 Å². The molecule has 0 amide bonds. The summed E-state index contributed by atoms with van der Waals surface area (Å²) in [6, 6.07) is 3.57. The van der Waals surface area contributed by atoms with Crippen molar-refractivity contribution in [3.63, 3.8) is 0 Å². The van der Waals surface area contributed by atoms with Gasteiger partial charge in [-0.1, -0.05) is 0 Å². The minimum absolute atomic E-state index is 0.0579. The van der Waals surface area contributed by atoms with Crippen LogP contribution in [0.5, 0.6) is 11.5 Å². The van der Waals surface area contributed by atoms with Crippen molar-refractivity contribution in [3.05, 3.63) is 22.2 Å². The van der Waals surface area contributed by atoms with Crippen LogP contribution in [-0.2, 0) is 0 Å². The molecule has 1 aromatic carbocycles. The van der Waals surface area contributed by atoms with Gasteiger partial charge in [0, 0.05) is 16.5 Å². The molecular formula is C13H16BrNO3. The first kappa shape index (κ1) is 13.4. The molecule has 0 aliphatic carbocycles. The van der Waals surface area contributed by atoms with Crippen molar-refractivity contribution in [2.24, 2.45) is 0 Å². The molecule has 0 aromatic heterocycles. The van der Waals surface area contributed by atoms with Crippen LogP contribution >= 0.6 is 15.9 Å². The van der Waals surface area contributed by atoms with Crippen molar-refractivity contribution < 1.29 is 14.3 Å². The van der Waals surface area contributed by atoms with Gasteiger partial charge in [0.25, 0.3) is 0 Å². The normalized spacial score (nSPS) is 14.4. The van der Waals surface area contributed by atoms with E-state index in [-0.39, 0.29) is 5.78 Å². The Morgan fingerprint density at radius 1 is 1.28 bits per heavy atom. The summed E-state index contributed by atoms with van der Waals surface area (Å²) in [5.74, 6) is 1.40. The third-order valence-electron chi connectivity index (χ3n) is 2.60. The van der Waals surface area contributed by atoms with Crippen LogP contribution in [0.1, 0.15) is 16.8 Å². The van der Waals surface area contributed by atoms with Crippen molar-refractivity contribution in [3.8, 4) is 11.5 Å². The number of hydrogen-bond donors (Lipinski definition) is 0. The molecule has 0 saturated heterocycles. The smallest absolute Gasteiger partial charge is 0.178 e. The van der Waals surface area contributed by atoms with Gasteiger partial charge in [0.2, 0.25) is 0 Å². The summed E-state index contributed by atoms with van der Waals surface area (Å²) in [6.07, 6.45) is 0.854. The first-order valence-electron chi connectivity index (χ1n) is 5.85. The zero-order valence-corrected chi connectivity index (χ0v) is 12.1.